The van der Waals surface area contributed by atoms with E-state index in [1.807, 2.05) is 0 Å². The Bertz CT molecular complexity index is 93.5. The van der Waals surface area contributed by atoms with Gasteiger partial charge in [0.25, 0.3) is 0 Å². The lowest BCUT2D eigenvalue weighted by Gasteiger charge is -1.66. The van der Waals surface area contributed by atoms with Crippen molar-refractivity contribution in [1.82, 2.24) is 0 Å². The normalized spacial score (nSPS) is 6.67. The molecule has 0 aliphatic heterocycles. The van der Waals surface area contributed by atoms with Gasteiger partial charge in [-0.2, -0.15) is 5.26 Å². The van der Waals surface area contributed by atoms with Crippen molar-refractivity contribution in [3.8, 4) is 6.07 Å². The summed E-state index contributed by atoms with van der Waals surface area (Å²) < 4.78 is 0. The largest absolute Gasteiger partial charge is 0.282 e. The van der Waals surface area contributed by atoms with Crippen LogP contribution in [0.2, 0.25) is 0 Å². The molecule has 0 bridgehead atoms. The summed E-state index contributed by atoms with van der Waals surface area (Å²) in [5.74, 6) is -0.435. The van der Waals surface area contributed by atoms with Gasteiger partial charge in [0.2, 0.25) is 5.78 Å². The fraction of sp³-hybridized carbons (Fsp3) is 0.333. The van der Waals surface area contributed by atoms with Crippen molar-refractivity contribution >= 4 is 21.7 Å². The number of hydrogen-bond donors (Lipinski definition) is 0. The molecule has 0 aliphatic rings. The van der Waals surface area contributed by atoms with Crippen LogP contribution < -0.4 is 0 Å². The van der Waals surface area contributed by atoms with Gasteiger partial charge >= 0.3 is 0 Å². The third kappa shape index (κ3) is 1.91. The van der Waals surface area contributed by atoms with E-state index in [0.717, 1.165) is 0 Å². The summed E-state index contributed by atoms with van der Waals surface area (Å²) in [5.41, 5.74) is 0. The highest BCUT2D eigenvalue weighted by Crippen LogP contribution is 1.76. The number of alkyl halides is 1. The van der Waals surface area contributed by atoms with Crippen molar-refractivity contribution in [3.63, 3.8) is 0 Å². The summed E-state index contributed by atoms with van der Waals surface area (Å²) in [5, 5.41) is 7.85. The van der Waals surface area contributed by atoms with E-state index >= 15 is 0 Å². The van der Waals surface area contributed by atoms with Gasteiger partial charge in [-0.25, -0.2) is 0 Å². The SMILES string of the molecule is N#CC(=O)CBr. The molecular formula is C3H2BrNO. The lowest BCUT2D eigenvalue weighted by Crippen LogP contribution is -1.90. The molecule has 0 atom stereocenters. The molecule has 0 saturated carbocycles. The van der Waals surface area contributed by atoms with E-state index in [-0.39, 0.29) is 5.33 Å². The maximum absolute atomic E-state index is 9.77. The van der Waals surface area contributed by atoms with E-state index in [4.69, 9.17) is 5.26 Å². The lowest BCUT2D eigenvalue weighted by molar-refractivity contribution is -0.111. The van der Waals surface area contributed by atoms with Gasteiger partial charge in [0.1, 0.15) is 6.07 Å². The Balaban J connectivity index is 3.33. The zero-order valence-electron chi connectivity index (χ0n) is 2.94. The molecule has 0 rings (SSSR count). The average Bonchev–Trinajstić information content (AvgIpc) is 1.65. The van der Waals surface area contributed by atoms with E-state index < -0.39 is 5.78 Å². The molecule has 0 aromatic rings. The van der Waals surface area contributed by atoms with Crippen LogP contribution in [-0.2, 0) is 4.79 Å². The van der Waals surface area contributed by atoms with Gasteiger partial charge in [0, 0.05) is 0 Å². The number of carbonyl (C=O) groups excluding carboxylic acids is 1. The minimum Gasteiger partial charge on any atom is -0.282 e. The molecule has 0 radical (unpaired) electrons. The third-order valence-corrected chi connectivity index (χ3v) is 0.755. The molecule has 0 unspecified atom stereocenters. The molecule has 0 amide bonds. The van der Waals surface area contributed by atoms with Gasteiger partial charge in [-0.05, 0) is 0 Å². The van der Waals surface area contributed by atoms with E-state index in [2.05, 4.69) is 15.9 Å². The van der Waals surface area contributed by atoms with Crippen LogP contribution in [0, 0.1) is 11.3 Å². The molecule has 6 heavy (non-hydrogen) atoms. The molecule has 0 aliphatic carbocycles. The molecule has 32 valence electrons. The Morgan fingerprint density at radius 2 is 2.50 bits per heavy atom. The molecule has 0 saturated heterocycles. The molecule has 3 heteroatoms. The zero-order valence-corrected chi connectivity index (χ0v) is 4.53. The van der Waals surface area contributed by atoms with Gasteiger partial charge in [-0.3, -0.25) is 4.79 Å². The van der Waals surface area contributed by atoms with Crippen molar-refractivity contribution in [2.45, 2.75) is 0 Å². The van der Waals surface area contributed by atoms with Gasteiger partial charge in [0.05, 0.1) is 5.33 Å². The van der Waals surface area contributed by atoms with Crippen LogP contribution in [0.4, 0.5) is 0 Å². The Hall–Kier alpha value is -0.360. The van der Waals surface area contributed by atoms with E-state index in [1.54, 1.807) is 0 Å². The van der Waals surface area contributed by atoms with Crippen LogP contribution in [0.15, 0.2) is 0 Å². The zero-order chi connectivity index (χ0) is 4.99. The van der Waals surface area contributed by atoms with Crippen LogP contribution in [0.1, 0.15) is 0 Å². The average molecular weight is 148 g/mol. The maximum Gasteiger partial charge on any atom is 0.242 e. The summed E-state index contributed by atoms with van der Waals surface area (Å²) in [7, 11) is 0. The highest BCUT2D eigenvalue weighted by molar-refractivity contribution is 9.09. The van der Waals surface area contributed by atoms with Gasteiger partial charge in [0.15, 0.2) is 0 Å². The molecule has 0 aromatic carbocycles. The smallest absolute Gasteiger partial charge is 0.242 e. The highest BCUT2D eigenvalue weighted by atomic mass is 79.9. The van der Waals surface area contributed by atoms with Gasteiger partial charge in [-0.15, -0.1) is 0 Å². The molecule has 2 nitrogen and oxygen atoms in total. The standard InChI is InChI=1S/C3H2BrNO/c4-1-3(6)2-5/h1H2. The Morgan fingerprint density at radius 3 is 2.50 bits per heavy atom. The number of nitrogens with zero attached hydrogens (tertiary/aromatic N) is 1. The van der Waals surface area contributed by atoms with Crippen LogP contribution >= 0.6 is 15.9 Å². The van der Waals surface area contributed by atoms with Crippen LogP contribution in [-0.4, -0.2) is 11.1 Å². The minimum atomic E-state index is -0.435. The quantitative estimate of drug-likeness (QED) is 0.400. The van der Waals surface area contributed by atoms with E-state index in [9.17, 15) is 4.79 Å². The van der Waals surface area contributed by atoms with Crippen molar-refractivity contribution < 1.29 is 4.79 Å². The first-order chi connectivity index (χ1) is 2.81. The van der Waals surface area contributed by atoms with Crippen LogP contribution in [0.3, 0.4) is 0 Å². The third-order valence-electron chi connectivity index (χ3n) is 0.246. The number of Topliss-reactive ketones (excluding diaryl/α,β-unsaturated/α-hetero) is 1. The van der Waals surface area contributed by atoms with Crippen LogP contribution in [0.5, 0.6) is 0 Å². The number of halogens is 1. The summed E-state index contributed by atoms with van der Waals surface area (Å²) in [6.07, 6.45) is 0. The van der Waals surface area contributed by atoms with Crippen molar-refractivity contribution in [1.29, 1.82) is 5.26 Å². The first kappa shape index (κ1) is 5.64. The first-order valence-corrected chi connectivity index (χ1v) is 2.42. The summed E-state index contributed by atoms with van der Waals surface area (Å²) in [4.78, 5) is 9.77. The summed E-state index contributed by atoms with van der Waals surface area (Å²) in [6.45, 7) is 0. The molecule has 0 N–H and O–H groups in total. The van der Waals surface area contributed by atoms with Crippen molar-refractivity contribution in [2.75, 3.05) is 5.33 Å². The van der Waals surface area contributed by atoms with Gasteiger partial charge in [-0.1, -0.05) is 15.9 Å². The topological polar surface area (TPSA) is 40.9 Å². The molecule has 0 spiro atoms. The number of rotatable bonds is 1. The highest BCUT2D eigenvalue weighted by Gasteiger charge is 1.88. The number of ketones is 1. The fourth-order valence-electron chi connectivity index (χ4n) is 0.0299. The molecular weight excluding hydrogens is 146 g/mol. The van der Waals surface area contributed by atoms with E-state index in [0.29, 0.717) is 0 Å². The number of hydrogen-bond acceptors (Lipinski definition) is 2. The van der Waals surface area contributed by atoms with Crippen molar-refractivity contribution in [2.24, 2.45) is 0 Å². The Kier molecular flexibility index (Phi) is 2.68. The molecule has 0 aromatic heterocycles. The number of nitriles is 1. The predicted octanol–water partition coefficient (Wildman–Crippen LogP) is 0.474. The summed E-state index contributed by atoms with van der Waals surface area (Å²) in [6, 6.07) is 1.43. The van der Waals surface area contributed by atoms with Crippen molar-refractivity contribution in [3.05, 3.63) is 0 Å². The lowest BCUT2D eigenvalue weighted by atomic mass is 10.5. The van der Waals surface area contributed by atoms with E-state index in [1.165, 1.54) is 6.07 Å². The number of carbonyl (C=O) groups is 1. The Morgan fingerprint density at radius 1 is 2.00 bits per heavy atom. The second kappa shape index (κ2) is 2.86. The monoisotopic (exact) mass is 147 g/mol. The molecule has 0 fully saturated rings. The summed E-state index contributed by atoms with van der Waals surface area (Å²) >= 11 is 2.80. The molecule has 0 heterocycles. The first-order valence-electron chi connectivity index (χ1n) is 1.30. The Labute approximate surface area is 43.9 Å². The minimum absolute atomic E-state index is 0.142. The maximum atomic E-state index is 9.77. The van der Waals surface area contributed by atoms with Crippen LogP contribution in [0.25, 0.3) is 0 Å². The second-order valence-corrected chi connectivity index (χ2v) is 1.23. The second-order valence-electron chi connectivity index (χ2n) is 0.669. The predicted molar refractivity (Wildman–Crippen MR) is 24.4 cm³/mol. The van der Waals surface area contributed by atoms with Gasteiger partial charge < -0.3 is 0 Å². The fourth-order valence-corrected chi connectivity index (χ4v) is 0.155.